The average molecular weight is 271 g/mol. The van der Waals surface area contributed by atoms with E-state index in [4.69, 9.17) is 0 Å². The fraction of sp³-hybridized carbons (Fsp3) is 0.857. The maximum atomic E-state index is 12.5. The van der Waals surface area contributed by atoms with Crippen LogP contribution in [-0.2, 0) is 9.59 Å². The van der Waals surface area contributed by atoms with Crippen LogP contribution in [0.1, 0.15) is 34.1 Å². The smallest absolute Gasteiger partial charge is 0.242 e. The van der Waals surface area contributed by atoms with Crippen LogP contribution in [0.4, 0.5) is 0 Å². The predicted octanol–water partition coefficient (Wildman–Crippen LogP) is 0.850. The second-order valence-electron chi connectivity index (χ2n) is 5.72. The van der Waals surface area contributed by atoms with Gasteiger partial charge in [-0.05, 0) is 25.3 Å². The Morgan fingerprint density at radius 2 is 1.63 bits per heavy atom. The quantitative estimate of drug-likeness (QED) is 0.721. The Kier molecular flexibility index (Phi) is 7.68. The molecule has 19 heavy (non-hydrogen) atoms. The molecule has 2 N–H and O–H groups in total. The number of amides is 2. The highest BCUT2D eigenvalue weighted by Gasteiger charge is 2.32. The molecule has 2 atom stereocenters. The van der Waals surface area contributed by atoms with Crippen molar-refractivity contribution in [1.29, 1.82) is 0 Å². The van der Waals surface area contributed by atoms with Gasteiger partial charge in [-0.1, -0.05) is 27.7 Å². The number of likely N-dealkylation sites (N-methyl/N-ethyl adjacent to an activating group) is 3. The average Bonchev–Trinajstić information content (AvgIpc) is 2.34. The lowest BCUT2D eigenvalue weighted by atomic mass is 9.98. The molecule has 0 unspecified atom stereocenters. The van der Waals surface area contributed by atoms with Gasteiger partial charge in [-0.15, -0.1) is 0 Å². The zero-order chi connectivity index (χ0) is 15.2. The van der Waals surface area contributed by atoms with Gasteiger partial charge in [-0.2, -0.15) is 0 Å². The van der Waals surface area contributed by atoms with Crippen LogP contribution in [-0.4, -0.2) is 49.9 Å². The molecule has 0 aromatic rings. The molecule has 0 heterocycles. The van der Waals surface area contributed by atoms with Crippen LogP contribution >= 0.6 is 0 Å². The number of nitrogens with one attached hydrogen (secondary N) is 2. The summed E-state index contributed by atoms with van der Waals surface area (Å²) in [4.78, 5) is 25.9. The third kappa shape index (κ3) is 5.19. The van der Waals surface area contributed by atoms with Crippen LogP contribution in [0, 0.1) is 11.8 Å². The van der Waals surface area contributed by atoms with Crippen molar-refractivity contribution in [3.8, 4) is 0 Å². The Hall–Kier alpha value is -1.10. The van der Waals surface area contributed by atoms with Crippen LogP contribution < -0.4 is 10.6 Å². The lowest BCUT2D eigenvalue weighted by Crippen LogP contribution is -2.54. The van der Waals surface area contributed by atoms with Gasteiger partial charge in [0.25, 0.3) is 0 Å². The van der Waals surface area contributed by atoms with Gasteiger partial charge in [0.15, 0.2) is 0 Å². The number of carbonyl (C=O) groups is 2. The molecule has 0 aromatic carbocycles. The summed E-state index contributed by atoms with van der Waals surface area (Å²) in [6.07, 6.45) is 0.762. The van der Waals surface area contributed by atoms with E-state index in [9.17, 15) is 9.59 Å². The molecule has 0 aliphatic rings. The van der Waals surface area contributed by atoms with Crippen molar-refractivity contribution in [2.24, 2.45) is 11.8 Å². The summed E-state index contributed by atoms with van der Waals surface area (Å²) < 4.78 is 0. The highest BCUT2D eigenvalue weighted by Crippen LogP contribution is 2.13. The van der Waals surface area contributed by atoms with E-state index >= 15 is 0 Å². The monoisotopic (exact) mass is 271 g/mol. The van der Waals surface area contributed by atoms with Gasteiger partial charge in [0, 0.05) is 14.1 Å². The molecule has 0 saturated carbocycles. The molecule has 0 aromatic heterocycles. The third-order valence-electron chi connectivity index (χ3n) is 3.27. The molecule has 5 heteroatoms. The lowest BCUT2D eigenvalue weighted by Gasteiger charge is -2.32. The van der Waals surface area contributed by atoms with Gasteiger partial charge in [-0.3, -0.25) is 9.59 Å². The minimum atomic E-state index is -0.430. The summed E-state index contributed by atoms with van der Waals surface area (Å²) in [6, 6.07) is -0.670. The summed E-state index contributed by atoms with van der Waals surface area (Å²) in [7, 11) is 5.08. The maximum absolute atomic E-state index is 12.5. The summed E-state index contributed by atoms with van der Waals surface area (Å²) >= 11 is 0. The van der Waals surface area contributed by atoms with Crippen LogP contribution in [0.5, 0.6) is 0 Å². The first-order valence-electron chi connectivity index (χ1n) is 6.91. The van der Waals surface area contributed by atoms with Crippen LogP contribution in [0.15, 0.2) is 0 Å². The Labute approximate surface area is 117 Å². The Morgan fingerprint density at radius 1 is 1.11 bits per heavy atom. The van der Waals surface area contributed by atoms with Crippen molar-refractivity contribution >= 4 is 11.8 Å². The maximum Gasteiger partial charge on any atom is 0.242 e. The van der Waals surface area contributed by atoms with E-state index in [-0.39, 0.29) is 23.8 Å². The van der Waals surface area contributed by atoms with Crippen LogP contribution in [0.25, 0.3) is 0 Å². The van der Waals surface area contributed by atoms with E-state index in [0.29, 0.717) is 5.92 Å². The largest absolute Gasteiger partial charge is 0.357 e. The SMILES string of the molecule is CNC(=O)[C@H](C(C)C)N(C)C(=O)[C@H](CC(C)C)NC. The molecule has 0 rings (SSSR count). The number of hydrogen-bond acceptors (Lipinski definition) is 3. The molecule has 112 valence electrons. The highest BCUT2D eigenvalue weighted by atomic mass is 16.2. The van der Waals surface area contributed by atoms with Gasteiger partial charge in [0.2, 0.25) is 11.8 Å². The molecule has 5 nitrogen and oxygen atoms in total. The predicted molar refractivity (Wildman–Crippen MR) is 77.8 cm³/mol. The first kappa shape index (κ1) is 17.9. The standard InChI is InChI=1S/C14H29N3O2/c1-9(2)8-11(15-5)14(19)17(7)12(10(3)4)13(18)16-6/h9-12,15H,8H2,1-7H3,(H,16,18)/t11-,12-/m0/s1. The van der Waals surface area contributed by atoms with E-state index in [1.165, 1.54) is 0 Å². The second-order valence-corrected chi connectivity index (χ2v) is 5.72. The number of hydrogen-bond donors (Lipinski definition) is 2. The van der Waals surface area contributed by atoms with Crippen molar-refractivity contribution in [3.05, 3.63) is 0 Å². The topological polar surface area (TPSA) is 61.4 Å². The number of nitrogens with zero attached hydrogens (tertiary/aromatic N) is 1. The summed E-state index contributed by atoms with van der Waals surface area (Å²) in [5.41, 5.74) is 0. The Bertz CT molecular complexity index is 303. The fourth-order valence-corrected chi connectivity index (χ4v) is 2.27. The molecular formula is C14H29N3O2. The highest BCUT2D eigenvalue weighted by molar-refractivity contribution is 5.89. The molecule has 0 saturated heterocycles. The number of rotatable bonds is 7. The van der Waals surface area contributed by atoms with E-state index < -0.39 is 6.04 Å². The van der Waals surface area contributed by atoms with Gasteiger partial charge in [-0.25, -0.2) is 0 Å². The molecule has 0 spiro atoms. The molecule has 0 aliphatic carbocycles. The van der Waals surface area contributed by atoms with E-state index in [1.54, 1.807) is 26.0 Å². The number of carbonyl (C=O) groups excluding carboxylic acids is 2. The van der Waals surface area contributed by atoms with Crippen LogP contribution in [0.2, 0.25) is 0 Å². The molecule has 0 aliphatic heterocycles. The summed E-state index contributed by atoms with van der Waals surface area (Å²) in [5.74, 6) is 0.349. The van der Waals surface area contributed by atoms with Gasteiger partial charge in [0.05, 0.1) is 6.04 Å². The van der Waals surface area contributed by atoms with Crippen molar-refractivity contribution in [2.75, 3.05) is 21.1 Å². The van der Waals surface area contributed by atoms with Crippen molar-refractivity contribution < 1.29 is 9.59 Å². The zero-order valence-corrected chi connectivity index (χ0v) is 13.3. The fourth-order valence-electron chi connectivity index (χ4n) is 2.27. The minimum absolute atomic E-state index is 0.0292. The first-order chi connectivity index (χ1) is 8.76. The molecule has 0 fully saturated rings. The normalized spacial score (nSPS) is 14.4. The van der Waals surface area contributed by atoms with E-state index in [1.807, 2.05) is 13.8 Å². The zero-order valence-electron chi connectivity index (χ0n) is 13.3. The van der Waals surface area contributed by atoms with Gasteiger partial charge < -0.3 is 15.5 Å². The first-order valence-corrected chi connectivity index (χ1v) is 6.91. The van der Waals surface area contributed by atoms with Crippen molar-refractivity contribution in [1.82, 2.24) is 15.5 Å². The summed E-state index contributed by atoms with van der Waals surface area (Å²) in [5, 5.41) is 5.67. The van der Waals surface area contributed by atoms with Crippen molar-refractivity contribution in [3.63, 3.8) is 0 Å². The van der Waals surface area contributed by atoms with Gasteiger partial charge >= 0.3 is 0 Å². The molecular weight excluding hydrogens is 242 g/mol. The van der Waals surface area contributed by atoms with Crippen molar-refractivity contribution in [2.45, 2.75) is 46.2 Å². The van der Waals surface area contributed by atoms with E-state index in [2.05, 4.69) is 24.5 Å². The molecule has 0 radical (unpaired) electrons. The van der Waals surface area contributed by atoms with E-state index in [0.717, 1.165) is 6.42 Å². The Balaban J connectivity index is 4.97. The lowest BCUT2D eigenvalue weighted by molar-refractivity contribution is -0.142. The Morgan fingerprint density at radius 3 is 1.95 bits per heavy atom. The molecule has 0 bridgehead atoms. The van der Waals surface area contributed by atoms with Crippen LogP contribution in [0.3, 0.4) is 0 Å². The third-order valence-corrected chi connectivity index (χ3v) is 3.27. The second kappa shape index (κ2) is 8.15. The molecule has 2 amide bonds. The van der Waals surface area contributed by atoms with Gasteiger partial charge in [0.1, 0.15) is 6.04 Å². The summed E-state index contributed by atoms with van der Waals surface area (Å²) in [6.45, 7) is 8.05. The minimum Gasteiger partial charge on any atom is -0.357 e.